The van der Waals surface area contributed by atoms with Crippen LogP contribution in [-0.4, -0.2) is 17.7 Å². The van der Waals surface area contributed by atoms with Crippen molar-refractivity contribution in [3.8, 4) is 0 Å². The second-order valence-electron chi connectivity index (χ2n) is 1.90. The van der Waals surface area contributed by atoms with E-state index >= 15 is 0 Å². The van der Waals surface area contributed by atoms with Gasteiger partial charge in [0.05, 0.1) is 0 Å². The molecule has 0 spiro atoms. The number of hydrogen-bond donors (Lipinski definition) is 2. The zero-order valence-corrected chi connectivity index (χ0v) is 6.13. The lowest BCUT2D eigenvalue weighted by atomic mass is 10.3. The highest BCUT2D eigenvalue weighted by Gasteiger charge is 1.88. The van der Waals surface area contributed by atoms with E-state index < -0.39 is 6.09 Å². The van der Waals surface area contributed by atoms with E-state index in [1.807, 2.05) is 19.1 Å². The van der Waals surface area contributed by atoms with Crippen LogP contribution in [0.5, 0.6) is 0 Å². The van der Waals surface area contributed by atoms with Crippen LogP contribution in [0.3, 0.4) is 0 Å². The average Bonchev–Trinajstić information content (AvgIpc) is 1.87. The van der Waals surface area contributed by atoms with Crippen molar-refractivity contribution in [3.63, 3.8) is 0 Å². The van der Waals surface area contributed by atoms with Gasteiger partial charge in [-0.05, 0) is 12.8 Å². The van der Waals surface area contributed by atoms with E-state index in [2.05, 4.69) is 5.32 Å². The maximum absolute atomic E-state index is 9.90. The molecule has 0 saturated carbocycles. The summed E-state index contributed by atoms with van der Waals surface area (Å²) in [6.45, 7) is 2.55. The summed E-state index contributed by atoms with van der Waals surface area (Å²) < 4.78 is 0. The molecule has 0 saturated heterocycles. The van der Waals surface area contributed by atoms with Crippen molar-refractivity contribution in [2.45, 2.75) is 19.8 Å². The van der Waals surface area contributed by atoms with Gasteiger partial charge >= 0.3 is 6.09 Å². The summed E-state index contributed by atoms with van der Waals surface area (Å²) in [5, 5.41) is 10.4. The zero-order valence-electron chi connectivity index (χ0n) is 6.13. The Morgan fingerprint density at radius 3 is 2.80 bits per heavy atom. The molecule has 0 aliphatic carbocycles. The minimum atomic E-state index is -0.954. The van der Waals surface area contributed by atoms with Gasteiger partial charge in [-0.2, -0.15) is 0 Å². The third-order valence-corrected chi connectivity index (χ3v) is 0.990. The maximum Gasteiger partial charge on any atom is 0.404 e. The highest BCUT2D eigenvalue weighted by Crippen LogP contribution is 1.83. The van der Waals surface area contributed by atoms with E-state index in [9.17, 15) is 4.79 Å². The van der Waals surface area contributed by atoms with Gasteiger partial charge in [0.25, 0.3) is 0 Å². The summed E-state index contributed by atoms with van der Waals surface area (Å²) in [5.74, 6) is 0. The van der Waals surface area contributed by atoms with Crippen molar-refractivity contribution in [3.05, 3.63) is 12.2 Å². The monoisotopic (exact) mass is 143 g/mol. The first-order chi connectivity index (χ1) is 4.77. The van der Waals surface area contributed by atoms with Crippen LogP contribution in [0.4, 0.5) is 4.79 Å². The first-order valence-corrected chi connectivity index (χ1v) is 3.39. The molecule has 0 fully saturated rings. The van der Waals surface area contributed by atoms with Gasteiger partial charge in [-0.1, -0.05) is 19.1 Å². The fourth-order valence-electron chi connectivity index (χ4n) is 0.547. The van der Waals surface area contributed by atoms with Gasteiger partial charge in [0.2, 0.25) is 0 Å². The van der Waals surface area contributed by atoms with Crippen LogP contribution in [0.25, 0.3) is 0 Å². The Morgan fingerprint density at radius 1 is 1.60 bits per heavy atom. The third-order valence-electron chi connectivity index (χ3n) is 0.990. The Morgan fingerprint density at radius 2 is 2.30 bits per heavy atom. The number of allylic oxidation sites excluding steroid dienone is 1. The van der Waals surface area contributed by atoms with E-state index in [1.165, 1.54) is 0 Å². The Hall–Kier alpha value is -0.990. The van der Waals surface area contributed by atoms with Crippen LogP contribution in [0, 0.1) is 0 Å². The minimum Gasteiger partial charge on any atom is -0.465 e. The molecule has 0 radical (unpaired) electrons. The van der Waals surface area contributed by atoms with Gasteiger partial charge in [-0.3, -0.25) is 0 Å². The van der Waals surface area contributed by atoms with Crippen molar-refractivity contribution in [2.24, 2.45) is 0 Å². The molecular weight excluding hydrogens is 130 g/mol. The minimum absolute atomic E-state index is 0.506. The third kappa shape index (κ3) is 7.01. The summed E-state index contributed by atoms with van der Waals surface area (Å²) in [5.41, 5.74) is 0. The van der Waals surface area contributed by atoms with Crippen LogP contribution in [-0.2, 0) is 0 Å². The van der Waals surface area contributed by atoms with Crippen LogP contribution in [0.15, 0.2) is 12.2 Å². The summed E-state index contributed by atoms with van der Waals surface area (Å²) in [4.78, 5) is 9.90. The summed E-state index contributed by atoms with van der Waals surface area (Å²) in [6, 6.07) is 0. The molecule has 0 aromatic heterocycles. The highest BCUT2D eigenvalue weighted by atomic mass is 16.4. The van der Waals surface area contributed by atoms with Crippen LogP contribution < -0.4 is 5.32 Å². The molecule has 0 atom stereocenters. The lowest BCUT2D eigenvalue weighted by Crippen LogP contribution is -2.21. The molecule has 0 heterocycles. The van der Waals surface area contributed by atoms with Gasteiger partial charge in [-0.15, -0.1) is 0 Å². The molecule has 2 N–H and O–H groups in total. The Bertz CT molecular complexity index is 121. The topological polar surface area (TPSA) is 49.3 Å². The normalized spacial score (nSPS) is 10.1. The molecule has 0 unspecified atom stereocenters. The number of rotatable bonds is 4. The number of carbonyl (C=O) groups is 1. The highest BCUT2D eigenvalue weighted by molar-refractivity contribution is 5.64. The Balaban J connectivity index is 3.05. The summed E-state index contributed by atoms with van der Waals surface area (Å²) in [7, 11) is 0. The molecule has 0 rings (SSSR count). The second kappa shape index (κ2) is 6.13. The average molecular weight is 143 g/mol. The van der Waals surface area contributed by atoms with E-state index in [-0.39, 0.29) is 0 Å². The largest absolute Gasteiger partial charge is 0.465 e. The van der Waals surface area contributed by atoms with Gasteiger partial charge in [-0.25, -0.2) is 4.79 Å². The smallest absolute Gasteiger partial charge is 0.404 e. The zero-order chi connectivity index (χ0) is 7.82. The van der Waals surface area contributed by atoms with E-state index in [0.717, 1.165) is 12.8 Å². The Labute approximate surface area is 60.7 Å². The molecule has 3 heteroatoms. The number of hydrogen-bond acceptors (Lipinski definition) is 1. The van der Waals surface area contributed by atoms with Crippen molar-refractivity contribution in [2.75, 3.05) is 6.54 Å². The molecule has 1 amide bonds. The molecule has 0 bridgehead atoms. The van der Waals surface area contributed by atoms with E-state index in [1.54, 1.807) is 0 Å². The van der Waals surface area contributed by atoms with Crippen LogP contribution >= 0.6 is 0 Å². The van der Waals surface area contributed by atoms with Crippen molar-refractivity contribution < 1.29 is 9.90 Å². The molecule has 0 aromatic rings. The lowest BCUT2D eigenvalue weighted by molar-refractivity contribution is 0.194. The molecule has 58 valence electrons. The molecule has 0 aromatic carbocycles. The first kappa shape index (κ1) is 9.01. The number of amides is 1. The molecule has 0 aliphatic heterocycles. The Kier molecular flexibility index (Phi) is 5.53. The summed E-state index contributed by atoms with van der Waals surface area (Å²) >= 11 is 0. The van der Waals surface area contributed by atoms with Gasteiger partial charge in [0.15, 0.2) is 0 Å². The first-order valence-electron chi connectivity index (χ1n) is 3.39. The molecular formula is C7H13NO2. The number of nitrogens with one attached hydrogen (secondary N) is 1. The van der Waals surface area contributed by atoms with Gasteiger partial charge in [0, 0.05) is 6.54 Å². The number of carboxylic acid groups (broad SMARTS) is 1. The second-order valence-corrected chi connectivity index (χ2v) is 1.90. The van der Waals surface area contributed by atoms with Crippen molar-refractivity contribution in [1.29, 1.82) is 0 Å². The quantitative estimate of drug-likeness (QED) is 0.464. The fraction of sp³-hybridized carbons (Fsp3) is 0.571. The van der Waals surface area contributed by atoms with Gasteiger partial charge < -0.3 is 10.4 Å². The van der Waals surface area contributed by atoms with Crippen LogP contribution in [0.1, 0.15) is 19.8 Å². The van der Waals surface area contributed by atoms with Crippen LogP contribution in [0.2, 0.25) is 0 Å². The lowest BCUT2D eigenvalue weighted by Gasteiger charge is -1.94. The molecule has 3 nitrogen and oxygen atoms in total. The summed E-state index contributed by atoms with van der Waals surface area (Å²) in [6.07, 6.45) is 4.82. The maximum atomic E-state index is 9.90. The molecule has 0 aliphatic rings. The predicted octanol–water partition coefficient (Wildman–Crippen LogP) is 1.61. The fourth-order valence-corrected chi connectivity index (χ4v) is 0.547. The van der Waals surface area contributed by atoms with E-state index in [4.69, 9.17) is 5.11 Å². The van der Waals surface area contributed by atoms with Gasteiger partial charge in [0.1, 0.15) is 0 Å². The van der Waals surface area contributed by atoms with Crippen molar-refractivity contribution in [1.82, 2.24) is 5.32 Å². The van der Waals surface area contributed by atoms with Crippen molar-refractivity contribution >= 4 is 6.09 Å². The molecule has 10 heavy (non-hydrogen) atoms. The SMILES string of the molecule is CC/C=C/CCNC(=O)O. The predicted molar refractivity (Wildman–Crippen MR) is 40.1 cm³/mol. The standard InChI is InChI=1S/C7H13NO2/c1-2-3-4-5-6-8-7(9)10/h3-4,8H,2,5-6H2,1H3,(H,9,10)/b4-3+. The van der Waals surface area contributed by atoms with E-state index in [0.29, 0.717) is 6.54 Å².